The molecule has 3 fully saturated rings. The zero-order chi connectivity index (χ0) is 19.2. The summed E-state index contributed by atoms with van der Waals surface area (Å²) in [7, 11) is 0. The van der Waals surface area contributed by atoms with Gasteiger partial charge in [0.05, 0.1) is 12.2 Å². The van der Waals surface area contributed by atoms with E-state index in [1.165, 1.54) is 31.2 Å². The van der Waals surface area contributed by atoms with Gasteiger partial charge in [-0.05, 0) is 50.0 Å². The number of nitrogens with zero attached hydrogens (tertiary/aromatic N) is 2. The molecule has 0 spiro atoms. The number of carbonyl (C=O) groups is 1. The fourth-order valence-electron chi connectivity index (χ4n) is 5.15. The van der Waals surface area contributed by atoms with Crippen molar-refractivity contribution in [2.24, 2.45) is 5.92 Å². The smallest absolute Gasteiger partial charge is 0.222 e. The van der Waals surface area contributed by atoms with Crippen LogP contribution in [0.2, 0.25) is 0 Å². The molecule has 4 rings (SSSR count). The van der Waals surface area contributed by atoms with E-state index in [2.05, 4.69) is 40.1 Å². The van der Waals surface area contributed by atoms with Gasteiger partial charge in [0, 0.05) is 39.1 Å². The molecule has 0 bridgehead atoms. The highest BCUT2D eigenvalue weighted by Crippen LogP contribution is 2.29. The summed E-state index contributed by atoms with van der Waals surface area (Å²) in [5.74, 6) is 1.04. The molecule has 0 unspecified atom stereocenters. The maximum absolute atomic E-state index is 12.5. The molecule has 28 heavy (non-hydrogen) atoms. The summed E-state index contributed by atoms with van der Waals surface area (Å²) in [6.07, 6.45) is 11.0. The molecule has 2 aliphatic heterocycles. The fraction of sp³-hybridized carbons (Fsp3) is 0.708. The number of ether oxygens (including phenoxy) is 1. The van der Waals surface area contributed by atoms with Crippen LogP contribution in [0.3, 0.4) is 0 Å². The third-order valence-corrected chi connectivity index (χ3v) is 6.90. The normalized spacial score (nSPS) is 23.4. The van der Waals surface area contributed by atoms with Crippen LogP contribution in [-0.4, -0.2) is 54.1 Å². The molecule has 4 heteroatoms. The summed E-state index contributed by atoms with van der Waals surface area (Å²) < 4.78 is 6.43. The van der Waals surface area contributed by atoms with Gasteiger partial charge in [0.15, 0.2) is 0 Å². The lowest BCUT2D eigenvalue weighted by molar-refractivity contribution is -0.136. The molecular weight excluding hydrogens is 348 g/mol. The summed E-state index contributed by atoms with van der Waals surface area (Å²) in [6, 6.07) is 10.7. The number of benzene rings is 1. The minimum atomic E-state index is 0.348. The monoisotopic (exact) mass is 384 g/mol. The highest BCUT2D eigenvalue weighted by atomic mass is 16.5. The first kappa shape index (κ1) is 19.9. The summed E-state index contributed by atoms with van der Waals surface area (Å²) in [4.78, 5) is 17.2. The number of carbonyl (C=O) groups excluding carboxylic acids is 1. The number of likely N-dealkylation sites (tertiary alicyclic amines) is 2. The fourth-order valence-corrected chi connectivity index (χ4v) is 5.15. The zero-order valence-electron chi connectivity index (χ0n) is 17.2. The quantitative estimate of drug-likeness (QED) is 0.735. The molecule has 4 nitrogen and oxygen atoms in total. The van der Waals surface area contributed by atoms with E-state index >= 15 is 0 Å². The first-order chi connectivity index (χ1) is 13.8. The number of amides is 1. The van der Waals surface area contributed by atoms with E-state index < -0.39 is 0 Å². The van der Waals surface area contributed by atoms with Crippen molar-refractivity contribution in [2.75, 3.05) is 26.2 Å². The number of hydrogen-bond donors (Lipinski definition) is 0. The molecule has 1 aromatic rings. The molecule has 0 radical (unpaired) electrons. The van der Waals surface area contributed by atoms with Gasteiger partial charge in [0.2, 0.25) is 5.91 Å². The van der Waals surface area contributed by atoms with E-state index in [9.17, 15) is 4.79 Å². The average molecular weight is 385 g/mol. The van der Waals surface area contributed by atoms with Crippen LogP contribution in [0.1, 0.15) is 63.4 Å². The van der Waals surface area contributed by atoms with Crippen molar-refractivity contribution in [3.05, 3.63) is 35.9 Å². The Bertz CT molecular complexity index is 598. The standard InChI is InChI=1S/C24H36N2O2/c27-24(18-20-6-4-5-7-20)26-16-12-23(13-17-26)28-22-10-14-25(15-11-22)19-21-8-2-1-3-9-21/h1-3,8-9,20,22-23H,4-7,10-19H2. The number of rotatable bonds is 6. The van der Waals surface area contributed by atoms with Crippen LogP contribution in [-0.2, 0) is 16.1 Å². The Hall–Kier alpha value is -1.39. The molecule has 154 valence electrons. The van der Waals surface area contributed by atoms with Crippen LogP contribution in [0.15, 0.2) is 30.3 Å². The molecule has 0 aromatic heterocycles. The first-order valence-corrected chi connectivity index (χ1v) is 11.5. The second-order valence-corrected chi connectivity index (χ2v) is 9.03. The maximum atomic E-state index is 12.5. The lowest BCUT2D eigenvalue weighted by atomic mass is 10.0. The number of piperidine rings is 2. The highest BCUT2D eigenvalue weighted by Gasteiger charge is 2.28. The molecule has 2 heterocycles. The second kappa shape index (κ2) is 9.89. The zero-order valence-corrected chi connectivity index (χ0v) is 17.2. The minimum Gasteiger partial charge on any atom is -0.375 e. The Labute approximate surface area is 170 Å². The van der Waals surface area contributed by atoms with Gasteiger partial charge >= 0.3 is 0 Å². The van der Waals surface area contributed by atoms with Gasteiger partial charge in [-0.15, -0.1) is 0 Å². The largest absolute Gasteiger partial charge is 0.375 e. The lowest BCUT2D eigenvalue weighted by Crippen LogP contribution is -2.44. The third-order valence-electron chi connectivity index (χ3n) is 6.90. The Balaban J connectivity index is 1.13. The third kappa shape index (κ3) is 5.57. The Morgan fingerprint density at radius 2 is 1.46 bits per heavy atom. The second-order valence-electron chi connectivity index (χ2n) is 9.03. The molecule has 1 saturated carbocycles. The van der Waals surface area contributed by atoms with E-state index in [-0.39, 0.29) is 0 Å². The van der Waals surface area contributed by atoms with Gasteiger partial charge < -0.3 is 9.64 Å². The highest BCUT2D eigenvalue weighted by molar-refractivity contribution is 5.76. The molecule has 0 atom stereocenters. The van der Waals surface area contributed by atoms with Crippen molar-refractivity contribution in [3.63, 3.8) is 0 Å². The first-order valence-electron chi connectivity index (χ1n) is 11.5. The molecule has 0 N–H and O–H groups in total. The Kier molecular flexibility index (Phi) is 7.03. The summed E-state index contributed by atoms with van der Waals surface area (Å²) >= 11 is 0. The van der Waals surface area contributed by atoms with Crippen molar-refractivity contribution < 1.29 is 9.53 Å². The van der Waals surface area contributed by atoms with E-state index in [4.69, 9.17) is 4.74 Å². The Morgan fingerprint density at radius 1 is 0.857 bits per heavy atom. The summed E-state index contributed by atoms with van der Waals surface area (Å²) in [5.41, 5.74) is 1.40. The van der Waals surface area contributed by atoms with Crippen LogP contribution in [0, 0.1) is 5.92 Å². The van der Waals surface area contributed by atoms with E-state index in [1.54, 1.807) is 0 Å². The Morgan fingerprint density at radius 3 is 2.11 bits per heavy atom. The average Bonchev–Trinajstić information content (AvgIpc) is 3.24. The van der Waals surface area contributed by atoms with Gasteiger partial charge in [-0.1, -0.05) is 43.2 Å². The van der Waals surface area contributed by atoms with Gasteiger partial charge in [0.1, 0.15) is 0 Å². The van der Waals surface area contributed by atoms with Gasteiger partial charge in [-0.25, -0.2) is 0 Å². The van der Waals surface area contributed by atoms with Crippen LogP contribution >= 0.6 is 0 Å². The van der Waals surface area contributed by atoms with Crippen molar-refractivity contribution in [3.8, 4) is 0 Å². The van der Waals surface area contributed by atoms with E-state index in [0.717, 1.165) is 64.8 Å². The van der Waals surface area contributed by atoms with Crippen LogP contribution < -0.4 is 0 Å². The van der Waals surface area contributed by atoms with Crippen molar-refractivity contribution in [2.45, 2.75) is 76.5 Å². The van der Waals surface area contributed by atoms with Crippen molar-refractivity contribution in [1.29, 1.82) is 0 Å². The van der Waals surface area contributed by atoms with Gasteiger partial charge in [0.25, 0.3) is 0 Å². The maximum Gasteiger partial charge on any atom is 0.222 e. The van der Waals surface area contributed by atoms with E-state index in [0.29, 0.717) is 24.0 Å². The van der Waals surface area contributed by atoms with Gasteiger partial charge in [-0.3, -0.25) is 9.69 Å². The SMILES string of the molecule is O=C(CC1CCCC1)N1CCC(OC2CCN(Cc3ccccc3)CC2)CC1. The van der Waals surface area contributed by atoms with Crippen LogP contribution in [0.5, 0.6) is 0 Å². The predicted octanol–water partition coefficient (Wildman–Crippen LogP) is 4.24. The van der Waals surface area contributed by atoms with Crippen LogP contribution in [0.4, 0.5) is 0 Å². The topological polar surface area (TPSA) is 32.8 Å². The molecular formula is C24H36N2O2. The summed E-state index contributed by atoms with van der Waals surface area (Å²) in [5, 5.41) is 0. The predicted molar refractivity (Wildman–Crippen MR) is 112 cm³/mol. The molecule has 2 saturated heterocycles. The van der Waals surface area contributed by atoms with Crippen molar-refractivity contribution >= 4 is 5.91 Å². The van der Waals surface area contributed by atoms with E-state index in [1.807, 2.05) is 0 Å². The minimum absolute atomic E-state index is 0.348. The van der Waals surface area contributed by atoms with Crippen LogP contribution in [0.25, 0.3) is 0 Å². The summed E-state index contributed by atoms with van der Waals surface area (Å²) in [6.45, 7) is 5.08. The molecule has 1 aromatic carbocycles. The van der Waals surface area contributed by atoms with Crippen molar-refractivity contribution in [1.82, 2.24) is 9.80 Å². The van der Waals surface area contributed by atoms with Gasteiger partial charge in [-0.2, -0.15) is 0 Å². The lowest BCUT2D eigenvalue weighted by Gasteiger charge is -2.37. The molecule has 1 aliphatic carbocycles. The molecule has 1 amide bonds. The number of hydrogen-bond acceptors (Lipinski definition) is 3. The molecule has 3 aliphatic rings.